The maximum atomic E-state index is 12.8. The Morgan fingerprint density at radius 3 is 2.34 bits per heavy atom. The lowest BCUT2D eigenvalue weighted by Gasteiger charge is -2.29. The number of oxazole rings is 1. The van der Waals surface area contributed by atoms with Crippen LogP contribution in [-0.4, -0.2) is 43.9 Å². The fourth-order valence-corrected chi connectivity index (χ4v) is 5.48. The van der Waals surface area contributed by atoms with Gasteiger partial charge in [0, 0.05) is 31.7 Å². The smallest absolute Gasteiger partial charge is 0.243 e. The van der Waals surface area contributed by atoms with Crippen molar-refractivity contribution in [1.82, 2.24) is 9.29 Å². The van der Waals surface area contributed by atoms with Crippen LogP contribution in [-0.2, 0) is 10.0 Å². The molecule has 3 heterocycles. The maximum absolute atomic E-state index is 12.8. The highest BCUT2D eigenvalue weighted by atomic mass is 32.2. The Hall–Kier alpha value is -2.37. The number of piperidine rings is 2. The molecule has 2 aliphatic heterocycles. The van der Waals surface area contributed by atoms with Crippen LogP contribution < -0.4 is 4.90 Å². The van der Waals surface area contributed by atoms with Crippen LogP contribution in [0.3, 0.4) is 0 Å². The highest BCUT2D eigenvalue weighted by molar-refractivity contribution is 7.89. The second-order valence-corrected chi connectivity index (χ2v) is 9.88. The van der Waals surface area contributed by atoms with Gasteiger partial charge in [-0.1, -0.05) is 13.3 Å². The van der Waals surface area contributed by atoms with Crippen molar-refractivity contribution in [3.8, 4) is 17.5 Å². The number of aromatic nitrogens is 1. The second kappa shape index (κ2) is 8.17. The van der Waals surface area contributed by atoms with Crippen molar-refractivity contribution in [2.75, 3.05) is 31.1 Å². The number of anilines is 1. The summed E-state index contributed by atoms with van der Waals surface area (Å²) in [6, 6.07) is 8.71. The van der Waals surface area contributed by atoms with Gasteiger partial charge in [0.25, 0.3) is 0 Å². The molecule has 8 heteroatoms. The minimum absolute atomic E-state index is 0.277. The number of hydrogen-bond donors (Lipinski definition) is 0. The second-order valence-electron chi connectivity index (χ2n) is 7.94. The fraction of sp³-hybridized carbons (Fsp3) is 0.524. The van der Waals surface area contributed by atoms with E-state index in [1.807, 2.05) is 0 Å². The molecule has 2 aromatic rings. The normalized spacial score (nSPS) is 19.2. The molecule has 4 rings (SSSR count). The van der Waals surface area contributed by atoms with Crippen LogP contribution in [0, 0.1) is 17.2 Å². The third kappa shape index (κ3) is 4.02. The monoisotopic (exact) mass is 414 g/mol. The third-order valence-corrected chi connectivity index (χ3v) is 7.75. The van der Waals surface area contributed by atoms with Crippen molar-refractivity contribution in [1.29, 1.82) is 5.26 Å². The highest BCUT2D eigenvalue weighted by Crippen LogP contribution is 2.31. The van der Waals surface area contributed by atoms with E-state index in [0.717, 1.165) is 45.2 Å². The van der Waals surface area contributed by atoms with Gasteiger partial charge in [0.05, 0.1) is 4.90 Å². The molecule has 0 radical (unpaired) electrons. The molecule has 0 bridgehead atoms. The van der Waals surface area contributed by atoms with Crippen molar-refractivity contribution in [3.63, 3.8) is 0 Å². The summed E-state index contributed by atoms with van der Waals surface area (Å²) >= 11 is 0. The Kier molecular flexibility index (Phi) is 5.61. The molecule has 0 unspecified atom stereocenters. The Bertz CT molecular complexity index is 994. The summed E-state index contributed by atoms with van der Waals surface area (Å²) < 4.78 is 33.1. The zero-order valence-corrected chi connectivity index (χ0v) is 17.5. The number of nitrogens with zero attached hydrogens (tertiary/aromatic N) is 4. The van der Waals surface area contributed by atoms with Gasteiger partial charge in [0.2, 0.25) is 27.5 Å². The molecule has 0 spiro atoms. The predicted octanol–water partition coefficient (Wildman–Crippen LogP) is 3.62. The van der Waals surface area contributed by atoms with Gasteiger partial charge in [-0.2, -0.15) is 14.6 Å². The van der Waals surface area contributed by atoms with E-state index in [0.29, 0.717) is 36.3 Å². The average Bonchev–Trinajstić information content (AvgIpc) is 3.19. The molecule has 1 aromatic heterocycles. The van der Waals surface area contributed by atoms with Crippen LogP contribution in [0.4, 0.5) is 5.88 Å². The summed E-state index contributed by atoms with van der Waals surface area (Å²) in [4.78, 5) is 6.70. The average molecular weight is 415 g/mol. The van der Waals surface area contributed by atoms with Crippen molar-refractivity contribution in [2.24, 2.45) is 5.92 Å². The first-order valence-corrected chi connectivity index (χ1v) is 11.7. The fourth-order valence-electron chi connectivity index (χ4n) is 3.96. The van der Waals surface area contributed by atoms with Crippen LogP contribution in [0.5, 0.6) is 0 Å². The van der Waals surface area contributed by atoms with Crippen molar-refractivity contribution in [3.05, 3.63) is 30.0 Å². The van der Waals surface area contributed by atoms with E-state index in [2.05, 4.69) is 22.9 Å². The molecular weight excluding hydrogens is 388 g/mol. The lowest BCUT2D eigenvalue weighted by atomic mass is 9.99. The first-order chi connectivity index (χ1) is 14.0. The lowest BCUT2D eigenvalue weighted by molar-refractivity contribution is 0.346. The molecule has 2 aliphatic rings. The van der Waals surface area contributed by atoms with E-state index in [9.17, 15) is 13.7 Å². The molecule has 0 aliphatic carbocycles. The lowest BCUT2D eigenvalue weighted by Crippen LogP contribution is -2.35. The van der Waals surface area contributed by atoms with Gasteiger partial charge in [0.1, 0.15) is 6.07 Å². The maximum Gasteiger partial charge on any atom is 0.243 e. The summed E-state index contributed by atoms with van der Waals surface area (Å²) in [6.07, 6.45) is 5.01. The first-order valence-electron chi connectivity index (χ1n) is 10.3. The standard InChI is InChI=1S/C21H26N4O3S/c1-16-9-13-24(14-10-16)21-19(15-22)23-20(28-21)17-5-7-18(8-6-17)29(26,27)25-11-3-2-4-12-25/h5-8,16H,2-4,9-14H2,1H3. The van der Waals surface area contributed by atoms with E-state index >= 15 is 0 Å². The molecule has 154 valence electrons. The van der Waals surface area contributed by atoms with Gasteiger partial charge in [-0.15, -0.1) is 0 Å². The van der Waals surface area contributed by atoms with E-state index < -0.39 is 10.0 Å². The third-order valence-electron chi connectivity index (χ3n) is 5.84. The summed E-state index contributed by atoms with van der Waals surface area (Å²) in [7, 11) is -3.47. The molecule has 0 amide bonds. The van der Waals surface area contributed by atoms with Crippen LogP contribution >= 0.6 is 0 Å². The Labute approximate surface area is 172 Å². The molecule has 1 aromatic carbocycles. The minimum atomic E-state index is -3.47. The molecule has 0 atom stereocenters. The van der Waals surface area contributed by atoms with Crippen LogP contribution in [0.25, 0.3) is 11.5 Å². The van der Waals surface area contributed by atoms with E-state index in [4.69, 9.17) is 4.42 Å². The van der Waals surface area contributed by atoms with E-state index in [-0.39, 0.29) is 10.6 Å². The van der Waals surface area contributed by atoms with E-state index in [1.54, 1.807) is 28.6 Å². The van der Waals surface area contributed by atoms with Gasteiger partial charge in [-0.05, 0) is 55.9 Å². The molecule has 2 fully saturated rings. The minimum Gasteiger partial charge on any atom is -0.419 e. The zero-order valence-electron chi connectivity index (χ0n) is 16.7. The molecule has 2 saturated heterocycles. The van der Waals surface area contributed by atoms with Crippen molar-refractivity contribution < 1.29 is 12.8 Å². The zero-order chi connectivity index (χ0) is 20.4. The summed E-state index contributed by atoms with van der Waals surface area (Å²) in [5.41, 5.74) is 0.940. The van der Waals surface area contributed by atoms with Crippen molar-refractivity contribution in [2.45, 2.75) is 43.9 Å². The Morgan fingerprint density at radius 2 is 1.72 bits per heavy atom. The first kappa shape index (κ1) is 19.9. The number of rotatable bonds is 4. The van der Waals surface area contributed by atoms with Gasteiger partial charge in [-0.25, -0.2) is 8.42 Å². The molecule has 0 N–H and O–H groups in total. The van der Waals surface area contributed by atoms with Gasteiger partial charge in [0.15, 0.2) is 0 Å². The van der Waals surface area contributed by atoms with Gasteiger partial charge >= 0.3 is 0 Å². The molecule has 7 nitrogen and oxygen atoms in total. The predicted molar refractivity (Wildman–Crippen MR) is 110 cm³/mol. The quantitative estimate of drug-likeness (QED) is 0.759. The molecule has 29 heavy (non-hydrogen) atoms. The number of benzene rings is 1. The van der Waals surface area contributed by atoms with Crippen LogP contribution in [0.15, 0.2) is 33.6 Å². The van der Waals surface area contributed by atoms with Crippen LogP contribution in [0.2, 0.25) is 0 Å². The van der Waals surface area contributed by atoms with Crippen LogP contribution in [0.1, 0.15) is 44.7 Å². The molecular formula is C21H26N4O3S. The number of hydrogen-bond acceptors (Lipinski definition) is 6. The summed E-state index contributed by atoms with van der Waals surface area (Å²) in [5.74, 6) is 1.53. The number of nitriles is 1. The largest absolute Gasteiger partial charge is 0.419 e. The molecule has 0 saturated carbocycles. The summed E-state index contributed by atoms with van der Waals surface area (Å²) in [5, 5.41) is 9.47. The Balaban J connectivity index is 1.57. The number of sulfonamides is 1. The van der Waals surface area contributed by atoms with Gasteiger partial charge in [-0.3, -0.25) is 0 Å². The van der Waals surface area contributed by atoms with E-state index in [1.165, 1.54) is 0 Å². The highest BCUT2D eigenvalue weighted by Gasteiger charge is 2.27. The van der Waals surface area contributed by atoms with Crippen molar-refractivity contribution >= 4 is 15.9 Å². The Morgan fingerprint density at radius 1 is 1.07 bits per heavy atom. The SMILES string of the molecule is CC1CCN(c2oc(-c3ccc(S(=O)(=O)N4CCCCC4)cc3)nc2C#N)CC1. The van der Waals surface area contributed by atoms with Gasteiger partial charge < -0.3 is 9.32 Å². The topological polar surface area (TPSA) is 90.4 Å². The summed E-state index contributed by atoms with van der Waals surface area (Å²) in [6.45, 7) is 5.07.